The molecule has 0 heterocycles. The van der Waals surface area contributed by atoms with Crippen LogP contribution in [0.15, 0.2) is 24.3 Å². The van der Waals surface area contributed by atoms with E-state index in [1.54, 1.807) is 0 Å². The Balaban J connectivity index is 1.74. The molecule has 0 radical (unpaired) electrons. The summed E-state index contributed by atoms with van der Waals surface area (Å²) in [5.41, 5.74) is 2.90. The van der Waals surface area contributed by atoms with E-state index in [-0.39, 0.29) is 0 Å². The predicted molar refractivity (Wildman–Crippen MR) is 80.3 cm³/mol. The van der Waals surface area contributed by atoms with Crippen LogP contribution in [0.2, 0.25) is 0 Å². The fourth-order valence-corrected chi connectivity index (χ4v) is 2.94. The van der Waals surface area contributed by atoms with E-state index in [4.69, 9.17) is 5.11 Å². The van der Waals surface area contributed by atoms with E-state index < -0.39 is 0 Å². The molecule has 2 heteroatoms. The molecule has 2 N–H and O–H groups in total. The van der Waals surface area contributed by atoms with Crippen LogP contribution in [0, 0.1) is 0 Å². The molecule has 19 heavy (non-hydrogen) atoms. The van der Waals surface area contributed by atoms with Gasteiger partial charge in [0.2, 0.25) is 0 Å². The largest absolute Gasteiger partial charge is 0.396 e. The second kappa shape index (κ2) is 8.34. The molecule has 1 fully saturated rings. The van der Waals surface area contributed by atoms with Gasteiger partial charge in [0.15, 0.2) is 0 Å². The molecule has 0 bridgehead atoms. The summed E-state index contributed by atoms with van der Waals surface area (Å²) < 4.78 is 0. The lowest BCUT2D eigenvalue weighted by Gasteiger charge is -2.22. The average molecular weight is 261 g/mol. The number of hydrogen-bond donors (Lipinski definition) is 2. The summed E-state index contributed by atoms with van der Waals surface area (Å²) in [4.78, 5) is 0. The molecule has 1 aromatic carbocycles. The highest BCUT2D eigenvalue weighted by Gasteiger charge is 2.14. The van der Waals surface area contributed by atoms with E-state index in [0.29, 0.717) is 6.61 Å². The molecule has 0 aliphatic heterocycles. The lowest BCUT2D eigenvalue weighted by atomic mass is 9.84. The van der Waals surface area contributed by atoms with E-state index >= 15 is 0 Å². The number of nitrogens with one attached hydrogen (secondary N) is 1. The zero-order valence-corrected chi connectivity index (χ0v) is 11.9. The van der Waals surface area contributed by atoms with Gasteiger partial charge in [0.25, 0.3) is 0 Å². The van der Waals surface area contributed by atoms with E-state index in [9.17, 15) is 0 Å². The van der Waals surface area contributed by atoms with Crippen LogP contribution in [0.4, 0.5) is 0 Å². The number of aliphatic hydroxyl groups excluding tert-OH is 1. The van der Waals surface area contributed by atoms with Gasteiger partial charge in [-0.15, -0.1) is 0 Å². The van der Waals surface area contributed by atoms with Gasteiger partial charge in [-0.2, -0.15) is 0 Å². The van der Waals surface area contributed by atoms with Crippen molar-refractivity contribution in [2.24, 2.45) is 0 Å². The third-order valence-electron chi connectivity index (χ3n) is 4.15. The van der Waals surface area contributed by atoms with Gasteiger partial charge in [-0.25, -0.2) is 0 Å². The second-order valence-corrected chi connectivity index (χ2v) is 5.68. The fraction of sp³-hybridized carbons (Fsp3) is 0.647. The minimum absolute atomic E-state index is 0.303. The number of aliphatic hydroxyl groups is 1. The molecule has 0 atom stereocenters. The Morgan fingerprint density at radius 2 is 1.74 bits per heavy atom. The number of unbranched alkanes of at least 4 members (excludes halogenated alkanes) is 1. The highest BCUT2D eigenvalue weighted by molar-refractivity contribution is 5.25. The van der Waals surface area contributed by atoms with Crippen LogP contribution in [0.5, 0.6) is 0 Å². The molecule has 0 amide bonds. The van der Waals surface area contributed by atoms with E-state index in [1.165, 1.54) is 43.2 Å². The molecule has 1 saturated carbocycles. The van der Waals surface area contributed by atoms with E-state index in [2.05, 4.69) is 29.6 Å². The second-order valence-electron chi connectivity index (χ2n) is 5.68. The van der Waals surface area contributed by atoms with Crippen molar-refractivity contribution < 1.29 is 5.11 Å². The SMILES string of the molecule is OCCCCNCc1ccc(C2CCCCC2)cc1. The normalized spacial score (nSPS) is 16.7. The molecular weight excluding hydrogens is 234 g/mol. The Morgan fingerprint density at radius 1 is 1.00 bits per heavy atom. The van der Waals surface area contributed by atoms with Crippen LogP contribution in [0.25, 0.3) is 0 Å². The van der Waals surface area contributed by atoms with Crippen molar-refractivity contribution in [1.29, 1.82) is 0 Å². The van der Waals surface area contributed by atoms with Crippen LogP contribution < -0.4 is 5.32 Å². The van der Waals surface area contributed by atoms with Gasteiger partial charge in [0.05, 0.1) is 0 Å². The van der Waals surface area contributed by atoms with Crippen molar-refractivity contribution in [2.45, 2.75) is 57.4 Å². The molecule has 1 aliphatic carbocycles. The van der Waals surface area contributed by atoms with Crippen LogP contribution in [0.3, 0.4) is 0 Å². The molecule has 2 nitrogen and oxygen atoms in total. The topological polar surface area (TPSA) is 32.3 Å². The third kappa shape index (κ3) is 4.96. The Hall–Kier alpha value is -0.860. The van der Waals surface area contributed by atoms with Gasteiger partial charge in [-0.1, -0.05) is 43.5 Å². The lowest BCUT2D eigenvalue weighted by Crippen LogP contribution is -2.15. The highest BCUT2D eigenvalue weighted by Crippen LogP contribution is 2.32. The van der Waals surface area contributed by atoms with Crippen molar-refractivity contribution in [3.05, 3.63) is 35.4 Å². The Morgan fingerprint density at radius 3 is 2.42 bits per heavy atom. The first kappa shape index (κ1) is 14.5. The van der Waals surface area contributed by atoms with Crippen molar-refractivity contribution in [1.82, 2.24) is 5.32 Å². The lowest BCUT2D eigenvalue weighted by molar-refractivity contribution is 0.283. The van der Waals surface area contributed by atoms with Gasteiger partial charge in [-0.3, -0.25) is 0 Å². The fourth-order valence-electron chi connectivity index (χ4n) is 2.94. The third-order valence-corrected chi connectivity index (χ3v) is 4.15. The molecule has 106 valence electrons. The summed E-state index contributed by atoms with van der Waals surface area (Å²) in [6.45, 7) is 2.24. The van der Waals surface area contributed by atoms with Gasteiger partial charge in [-0.05, 0) is 49.3 Å². The van der Waals surface area contributed by atoms with Crippen molar-refractivity contribution >= 4 is 0 Å². The Labute approximate surface area is 117 Å². The van der Waals surface area contributed by atoms with Crippen LogP contribution in [-0.4, -0.2) is 18.3 Å². The quantitative estimate of drug-likeness (QED) is 0.735. The maximum atomic E-state index is 8.71. The molecule has 0 aromatic heterocycles. The molecule has 0 saturated heterocycles. The Bertz CT molecular complexity index is 341. The maximum Gasteiger partial charge on any atom is 0.0431 e. The van der Waals surface area contributed by atoms with Gasteiger partial charge < -0.3 is 10.4 Å². The van der Waals surface area contributed by atoms with Crippen LogP contribution >= 0.6 is 0 Å². The van der Waals surface area contributed by atoms with Gasteiger partial charge >= 0.3 is 0 Å². The maximum absolute atomic E-state index is 8.71. The smallest absolute Gasteiger partial charge is 0.0431 e. The van der Waals surface area contributed by atoms with Crippen molar-refractivity contribution in [2.75, 3.05) is 13.2 Å². The van der Waals surface area contributed by atoms with E-state index in [0.717, 1.165) is 31.8 Å². The molecule has 1 aliphatic rings. The number of hydrogen-bond acceptors (Lipinski definition) is 2. The Kier molecular flexibility index (Phi) is 6.38. The van der Waals surface area contributed by atoms with Crippen molar-refractivity contribution in [3.8, 4) is 0 Å². The first-order chi connectivity index (χ1) is 9.40. The average Bonchev–Trinajstić information content (AvgIpc) is 2.49. The summed E-state index contributed by atoms with van der Waals surface area (Å²) in [6.07, 6.45) is 8.92. The molecular formula is C17H27NO. The molecule has 0 spiro atoms. The monoisotopic (exact) mass is 261 g/mol. The first-order valence-corrected chi connectivity index (χ1v) is 7.80. The van der Waals surface area contributed by atoms with Crippen molar-refractivity contribution in [3.63, 3.8) is 0 Å². The summed E-state index contributed by atoms with van der Waals surface area (Å²) >= 11 is 0. The molecule has 2 rings (SSSR count). The van der Waals surface area contributed by atoms with Crippen LogP contribution in [0.1, 0.15) is 62.0 Å². The van der Waals surface area contributed by atoms with E-state index in [1.807, 2.05) is 0 Å². The van der Waals surface area contributed by atoms with Gasteiger partial charge in [0, 0.05) is 13.2 Å². The summed E-state index contributed by atoms with van der Waals surface area (Å²) in [7, 11) is 0. The number of benzene rings is 1. The van der Waals surface area contributed by atoms with Crippen LogP contribution in [-0.2, 0) is 6.54 Å². The zero-order valence-electron chi connectivity index (χ0n) is 11.9. The molecule has 0 unspecified atom stereocenters. The highest BCUT2D eigenvalue weighted by atomic mass is 16.2. The first-order valence-electron chi connectivity index (χ1n) is 7.80. The molecule has 1 aromatic rings. The minimum Gasteiger partial charge on any atom is -0.396 e. The predicted octanol–water partition coefficient (Wildman–Crippen LogP) is 3.60. The minimum atomic E-state index is 0.303. The summed E-state index contributed by atoms with van der Waals surface area (Å²) in [5, 5.41) is 12.1. The standard InChI is InChI=1S/C17H27NO/c19-13-5-4-12-18-14-15-8-10-17(11-9-15)16-6-2-1-3-7-16/h8-11,16,18-19H,1-7,12-14H2. The zero-order chi connectivity index (χ0) is 13.3. The summed E-state index contributed by atoms with van der Waals surface area (Å²) in [6, 6.07) is 9.17. The van der Waals surface area contributed by atoms with Gasteiger partial charge in [0.1, 0.15) is 0 Å². The number of rotatable bonds is 7. The summed E-state index contributed by atoms with van der Waals surface area (Å²) in [5.74, 6) is 0.806.